The maximum atomic E-state index is 11.1. The zero-order chi connectivity index (χ0) is 11.7. The van der Waals surface area contributed by atoms with Crippen molar-refractivity contribution in [3.63, 3.8) is 0 Å². The molecule has 1 aromatic carbocycles. The first-order valence-corrected chi connectivity index (χ1v) is 5.59. The number of fused-ring (bicyclic) bond motifs is 1. The van der Waals surface area contributed by atoms with Crippen LogP contribution in [-0.4, -0.2) is 19.3 Å². The Morgan fingerprint density at radius 3 is 2.94 bits per heavy atom. The second-order valence-corrected chi connectivity index (χ2v) is 4.05. The molecule has 1 aliphatic heterocycles. The first-order valence-electron chi connectivity index (χ1n) is 5.59. The third-order valence-corrected chi connectivity index (χ3v) is 2.71. The van der Waals surface area contributed by atoms with Crippen LogP contribution in [0.5, 0.6) is 5.75 Å². The molecule has 1 atom stereocenters. The highest BCUT2D eigenvalue weighted by molar-refractivity contribution is 5.77. The van der Waals surface area contributed by atoms with E-state index in [0.29, 0.717) is 24.0 Å². The summed E-state index contributed by atoms with van der Waals surface area (Å²) >= 11 is 0. The van der Waals surface area contributed by atoms with Gasteiger partial charge < -0.3 is 13.9 Å². The Morgan fingerprint density at radius 2 is 2.12 bits per heavy atom. The van der Waals surface area contributed by atoms with Crippen molar-refractivity contribution in [3.05, 3.63) is 40.8 Å². The summed E-state index contributed by atoms with van der Waals surface area (Å²) in [6, 6.07) is 8.64. The van der Waals surface area contributed by atoms with Crippen LogP contribution in [0, 0.1) is 0 Å². The predicted octanol–water partition coefficient (Wildman–Crippen LogP) is 1.96. The molecule has 0 saturated carbocycles. The summed E-state index contributed by atoms with van der Waals surface area (Å²) in [5, 5.41) is 0.891. The minimum Gasteiger partial charge on any atom is -0.493 e. The summed E-state index contributed by atoms with van der Waals surface area (Å²) in [5.41, 5.74) is 0.207. The Kier molecular flexibility index (Phi) is 2.57. The highest BCUT2D eigenvalue weighted by atomic mass is 16.6. The Labute approximate surface area is 97.8 Å². The largest absolute Gasteiger partial charge is 0.493 e. The molecular weight excluding hydrogens is 220 g/mol. The molecular formula is C13H12O4. The maximum absolute atomic E-state index is 11.1. The highest BCUT2D eigenvalue weighted by Crippen LogP contribution is 2.20. The van der Waals surface area contributed by atoms with Gasteiger partial charge in [-0.3, -0.25) is 0 Å². The summed E-state index contributed by atoms with van der Waals surface area (Å²) < 4.78 is 15.7. The van der Waals surface area contributed by atoms with Crippen LogP contribution in [0.2, 0.25) is 0 Å². The van der Waals surface area contributed by atoms with Gasteiger partial charge in [0.05, 0.1) is 19.3 Å². The smallest absolute Gasteiger partial charge is 0.336 e. The lowest BCUT2D eigenvalue weighted by Gasteiger charge is -2.05. The van der Waals surface area contributed by atoms with Crippen molar-refractivity contribution in [2.24, 2.45) is 0 Å². The van der Waals surface area contributed by atoms with Gasteiger partial charge in [0.25, 0.3) is 0 Å². The number of ether oxygens (including phenoxy) is 2. The number of rotatable bonds is 4. The first-order chi connectivity index (χ1) is 8.31. The molecule has 88 valence electrons. The molecule has 0 aliphatic carbocycles. The molecule has 0 radical (unpaired) electrons. The van der Waals surface area contributed by atoms with Crippen LogP contribution in [0.15, 0.2) is 39.5 Å². The summed E-state index contributed by atoms with van der Waals surface area (Å²) in [7, 11) is 0. The standard InChI is InChI=1S/C13H12O4/c14-13-4-2-9-1-3-10(7-12(9)17-13)15-6-5-11-8-16-11/h1-4,7,11H,5-6,8H2/t11-/m0/s1. The quantitative estimate of drug-likeness (QED) is 0.597. The topological polar surface area (TPSA) is 52.0 Å². The molecule has 3 rings (SSSR count). The van der Waals surface area contributed by atoms with Crippen molar-refractivity contribution in [2.75, 3.05) is 13.2 Å². The number of hydrogen-bond donors (Lipinski definition) is 0. The normalized spacial score (nSPS) is 18.2. The van der Waals surface area contributed by atoms with E-state index >= 15 is 0 Å². The van der Waals surface area contributed by atoms with Gasteiger partial charge in [-0.2, -0.15) is 0 Å². The molecule has 17 heavy (non-hydrogen) atoms. The summed E-state index contributed by atoms with van der Waals surface area (Å²) in [6.45, 7) is 1.46. The number of hydrogen-bond acceptors (Lipinski definition) is 4. The van der Waals surface area contributed by atoms with Gasteiger partial charge >= 0.3 is 5.63 Å². The van der Waals surface area contributed by atoms with Crippen molar-refractivity contribution in [2.45, 2.75) is 12.5 Å². The average Bonchev–Trinajstić information content (AvgIpc) is 3.12. The molecule has 2 aromatic rings. The lowest BCUT2D eigenvalue weighted by atomic mass is 10.2. The predicted molar refractivity (Wildman–Crippen MR) is 62.3 cm³/mol. The van der Waals surface area contributed by atoms with Gasteiger partial charge in [-0.15, -0.1) is 0 Å². The summed E-state index contributed by atoms with van der Waals surface area (Å²) in [4.78, 5) is 11.1. The Hall–Kier alpha value is -1.81. The van der Waals surface area contributed by atoms with Gasteiger partial charge in [0.15, 0.2) is 0 Å². The first kappa shape index (κ1) is 10.4. The lowest BCUT2D eigenvalue weighted by Crippen LogP contribution is -2.01. The molecule has 4 heteroatoms. The maximum Gasteiger partial charge on any atom is 0.336 e. The molecule has 0 bridgehead atoms. The van der Waals surface area contributed by atoms with Crippen LogP contribution in [-0.2, 0) is 4.74 Å². The van der Waals surface area contributed by atoms with E-state index in [2.05, 4.69) is 0 Å². The third kappa shape index (κ3) is 2.47. The zero-order valence-corrected chi connectivity index (χ0v) is 9.22. The monoisotopic (exact) mass is 232 g/mol. The highest BCUT2D eigenvalue weighted by Gasteiger charge is 2.21. The van der Waals surface area contributed by atoms with E-state index in [1.54, 1.807) is 12.1 Å². The van der Waals surface area contributed by atoms with Crippen LogP contribution in [0.1, 0.15) is 6.42 Å². The molecule has 2 heterocycles. The van der Waals surface area contributed by atoms with E-state index in [1.807, 2.05) is 12.1 Å². The van der Waals surface area contributed by atoms with E-state index < -0.39 is 0 Å². The summed E-state index contributed by atoms with van der Waals surface area (Å²) in [5.74, 6) is 0.715. The van der Waals surface area contributed by atoms with Gasteiger partial charge in [-0.05, 0) is 18.2 Å². The number of epoxide rings is 1. The van der Waals surface area contributed by atoms with Crippen molar-refractivity contribution in [3.8, 4) is 5.75 Å². The van der Waals surface area contributed by atoms with Crippen LogP contribution in [0.25, 0.3) is 11.0 Å². The fourth-order valence-corrected chi connectivity index (χ4v) is 1.67. The van der Waals surface area contributed by atoms with Gasteiger partial charge in [0.2, 0.25) is 0 Å². The average molecular weight is 232 g/mol. The lowest BCUT2D eigenvalue weighted by molar-refractivity contribution is 0.283. The van der Waals surface area contributed by atoms with E-state index in [-0.39, 0.29) is 5.63 Å². The van der Waals surface area contributed by atoms with Gasteiger partial charge in [0, 0.05) is 23.9 Å². The van der Waals surface area contributed by atoms with Crippen molar-refractivity contribution in [1.82, 2.24) is 0 Å². The van der Waals surface area contributed by atoms with Gasteiger partial charge in [-0.25, -0.2) is 4.79 Å². The second kappa shape index (κ2) is 4.22. The van der Waals surface area contributed by atoms with Crippen LogP contribution < -0.4 is 10.4 Å². The van der Waals surface area contributed by atoms with Crippen LogP contribution in [0.3, 0.4) is 0 Å². The molecule has 0 spiro atoms. The van der Waals surface area contributed by atoms with Crippen LogP contribution in [0.4, 0.5) is 0 Å². The minimum absolute atomic E-state index is 0.346. The van der Waals surface area contributed by atoms with Crippen LogP contribution >= 0.6 is 0 Å². The molecule has 1 saturated heterocycles. The van der Waals surface area contributed by atoms with Crippen molar-refractivity contribution >= 4 is 11.0 Å². The van der Waals surface area contributed by atoms with E-state index in [9.17, 15) is 4.79 Å². The second-order valence-electron chi connectivity index (χ2n) is 4.05. The summed E-state index contributed by atoms with van der Waals surface area (Å²) in [6.07, 6.45) is 1.27. The van der Waals surface area contributed by atoms with Crippen molar-refractivity contribution < 1.29 is 13.9 Å². The Bertz CT molecular complexity index is 583. The Morgan fingerprint density at radius 1 is 1.29 bits per heavy atom. The molecule has 0 amide bonds. The molecule has 1 fully saturated rings. The fourth-order valence-electron chi connectivity index (χ4n) is 1.67. The fraction of sp³-hybridized carbons (Fsp3) is 0.308. The van der Waals surface area contributed by atoms with E-state index in [0.717, 1.165) is 18.4 Å². The molecule has 0 unspecified atom stereocenters. The Balaban J connectivity index is 1.77. The molecule has 4 nitrogen and oxygen atoms in total. The third-order valence-electron chi connectivity index (χ3n) is 2.71. The zero-order valence-electron chi connectivity index (χ0n) is 9.22. The minimum atomic E-state index is -0.346. The molecule has 0 N–H and O–H groups in total. The molecule has 1 aliphatic rings. The molecule has 1 aromatic heterocycles. The van der Waals surface area contributed by atoms with E-state index in [1.165, 1.54) is 6.07 Å². The number of benzene rings is 1. The SMILES string of the molecule is O=c1ccc2ccc(OCC[C@H]3CO3)cc2o1. The van der Waals surface area contributed by atoms with Gasteiger partial charge in [0.1, 0.15) is 11.3 Å². The van der Waals surface area contributed by atoms with Crippen molar-refractivity contribution in [1.29, 1.82) is 0 Å². The van der Waals surface area contributed by atoms with E-state index in [4.69, 9.17) is 13.9 Å². The van der Waals surface area contributed by atoms with Gasteiger partial charge in [-0.1, -0.05) is 0 Å².